The Kier molecular flexibility index (Phi) is 6.02. The highest BCUT2D eigenvalue weighted by Gasteiger charge is 2.23. The maximum Gasteiger partial charge on any atom is 0.318 e. The number of ether oxygens (including phenoxy) is 1. The first-order valence-electron chi connectivity index (χ1n) is 8.84. The van der Waals surface area contributed by atoms with Crippen LogP contribution in [0.1, 0.15) is 40.5 Å². The molecule has 1 saturated heterocycles. The van der Waals surface area contributed by atoms with Crippen molar-refractivity contribution in [3.05, 3.63) is 47.1 Å². The van der Waals surface area contributed by atoms with Crippen LogP contribution in [0, 0.1) is 6.92 Å². The molecule has 0 saturated carbocycles. The first-order chi connectivity index (χ1) is 13.0. The van der Waals surface area contributed by atoms with Gasteiger partial charge >= 0.3 is 17.8 Å². The number of nitrogens with two attached hydrogens (primary N) is 1. The van der Waals surface area contributed by atoms with Crippen LogP contribution in [-0.4, -0.2) is 46.2 Å². The quantitative estimate of drug-likeness (QED) is 0.755. The summed E-state index contributed by atoms with van der Waals surface area (Å²) in [6.45, 7) is 3.74. The maximum absolute atomic E-state index is 12.7. The molecule has 0 radical (unpaired) electrons. The number of hydrogen-bond acceptors (Lipinski definition) is 6. The van der Waals surface area contributed by atoms with E-state index in [1.165, 1.54) is 0 Å². The number of nitrogens with one attached hydrogen (secondary N) is 1. The number of benzene rings is 1. The molecule has 144 valence electrons. The van der Waals surface area contributed by atoms with Crippen molar-refractivity contribution in [2.45, 2.75) is 39.0 Å². The highest BCUT2D eigenvalue weighted by Crippen LogP contribution is 2.17. The van der Waals surface area contributed by atoms with E-state index in [0.29, 0.717) is 13.1 Å². The van der Waals surface area contributed by atoms with Gasteiger partial charge < -0.3 is 25.2 Å². The Balaban J connectivity index is 1.65. The molecule has 3 N–H and O–H groups in total. The number of aryl methyl sites for hydroxylation is 1. The van der Waals surface area contributed by atoms with Gasteiger partial charge in [0.05, 0.1) is 12.6 Å². The minimum Gasteiger partial charge on any atom is -0.376 e. The average Bonchev–Trinajstić information content (AvgIpc) is 3.32. The van der Waals surface area contributed by atoms with Crippen LogP contribution in [0.4, 0.5) is 4.79 Å². The van der Waals surface area contributed by atoms with E-state index in [-0.39, 0.29) is 30.4 Å². The topological polar surface area (TPSA) is 124 Å². The van der Waals surface area contributed by atoms with Crippen LogP contribution in [0.25, 0.3) is 0 Å². The van der Waals surface area contributed by atoms with Gasteiger partial charge in [0, 0.05) is 19.7 Å². The van der Waals surface area contributed by atoms with E-state index in [0.717, 1.165) is 30.6 Å². The van der Waals surface area contributed by atoms with Gasteiger partial charge in [0.25, 0.3) is 0 Å². The summed E-state index contributed by atoms with van der Waals surface area (Å²) >= 11 is 0. The van der Waals surface area contributed by atoms with E-state index in [1.807, 2.05) is 31.2 Å². The number of carbonyl (C=O) groups is 2. The third-order valence-electron chi connectivity index (χ3n) is 4.43. The lowest BCUT2D eigenvalue weighted by Gasteiger charge is -2.26. The Morgan fingerprint density at radius 2 is 2.19 bits per heavy atom. The minimum atomic E-state index is -0.806. The first-order valence-corrected chi connectivity index (χ1v) is 8.84. The number of amides is 3. The van der Waals surface area contributed by atoms with Crippen molar-refractivity contribution in [2.75, 3.05) is 13.2 Å². The number of primary amides is 1. The summed E-state index contributed by atoms with van der Waals surface area (Å²) < 4.78 is 10.4. The molecular weight excluding hydrogens is 350 g/mol. The zero-order valence-electron chi connectivity index (χ0n) is 15.2. The number of hydrogen-bond donors (Lipinski definition) is 2. The Bertz CT molecular complexity index is 801. The lowest BCUT2D eigenvalue weighted by Crippen LogP contribution is -2.43. The second-order valence-corrected chi connectivity index (χ2v) is 6.48. The van der Waals surface area contributed by atoms with Crippen LogP contribution in [-0.2, 0) is 17.8 Å². The van der Waals surface area contributed by atoms with Crippen LogP contribution < -0.4 is 11.1 Å². The molecule has 1 aromatic heterocycles. The summed E-state index contributed by atoms with van der Waals surface area (Å²) in [7, 11) is 0. The summed E-state index contributed by atoms with van der Waals surface area (Å²) in [5.41, 5.74) is 7.27. The molecule has 3 amide bonds. The number of rotatable bonds is 7. The number of nitrogens with zero attached hydrogens (tertiary/aromatic N) is 3. The SMILES string of the molecule is Cc1ccccc1CN(CC1CCCO1)C(=O)NCc1noc(C(N)=O)n1. The van der Waals surface area contributed by atoms with Crippen molar-refractivity contribution in [1.82, 2.24) is 20.4 Å². The van der Waals surface area contributed by atoms with E-state index in [1.54, 1.807) is 4.90 Å². The fourth-order valence-corrected chi connectivity index (χ4v) is 2.94. The van der Waals surface area contributed by atoms with Crippen molar-refractivity contribution in [3.63, 3.8) is 0 Å². The molecule has 27 heavy (non-hydrogen) atoms. The molecule has 1 unspecified atom stereocenters. The van der Waals surface area contributed by atoms with Gasteiger partial charge in [0.2, 0.25) is 0 Å². The van der Waals surface area contributed by atoms with Crippen molar-refractivity contribution in [2.24, 2.45) is 5.73 Å². The van der Waals surface area contributed by atoms with Gasteiger partial charge in [-0.2, -0.15) is 4.98 Å². The molecule has 2 heterocycles. The van der Waals surface area contributed by atoms with Crippen LogP contribution in [0.2, 0.25) is 0 Å². The molecule has 0 spiro atoms. The predicted molar refractivity (Wildman–Crippen MR) is 95.6 cm³/mol. The second-order valence-electron chi connectivity index (χ2n) is 6.48. The standard InChI is InChI=1S/C18H23N5O4/c1-12-5-2-3-6-13(12)10-23(11-14-7-4-8-26-14)18(25)20-9-15-21-17(16(19)24)27-22-15/h2-3,5-6,14H,4,7-11H2,1H3,(H2,19,24)(H,20,25). The van der Waals surface area contributed by atoms with Crippen molar-refractivity contribution in [1.29, 1.82) is 0 Å². The molecule has 2 aromatic rings. The first kappa shape index (κ1) is 18.8. The summed E-state index contributed by atoms with van der Waals surface area (Å²) in [4.78, 5) is 29.3. The van der Waals surface area contributed by atoms with Gasteiger partial charge in [-0.1, -0.05) is 29.4 Å². The molecule has 1 fully saturated rings. The molecule has 1 aromatic carbocycles. The summed E-state index contributed by atoms with van der Waals surface area (Å²) in [6.07, 6.45) is 1.97. The van der Waals surface area contributed by atoms with Gasteiger partial charge in [0.15, 0.2) is 5.82 Å². The van der Waals surface area contributed by atoms with Crippen LogP contribution in [0.3, 0.4) is 0 Å². The monoisotopic (exact) mass is 373 g/mol. The fourth-order valence-electron chi connectivity index (χ4n) is 2.94. The van der Waals surface area contributed by atoms with Crippen molar-refractivity contribution >= 4 is 11.9 Å². The smallest absolute Gasteiger partial charge is 0.318 e. The average molecular weight is 373 g/mol. The predicted octanol–water partition coefficient (Wildman–Crippen LogP) is 1.37. The summed E-state index contributed by atoms with van der Waals surface area (Å²) in [6, 6.07) is 7.68. The minimum absolute atomic E-state index is 0.0331. The molecule has 3 rings (SSSR count). The molecule has 1 atom stereocenters. The van der Waals surface area contributed by atoms with Crippen molar-refractivity contribution in [3.8, 4) is 0 Å². The number of urea groups is 1. The van der Waals surface area contributed by atoms with Crippen LogP contribution >= 0.6 is 0 Å². The molecule has 9 heteroatoms. The van der Waals surface area contributed by atoms with Crippen LogP contribution in [0.15, 0.2) is 28.8 Å². The van der Waals surface area contributed by atoms with Crippen LogP contribution in [0.5, 0.6) is 0 Å². The molecular formula is C18H23N5O4. The Labute approximate surface area is 156 Å². The second kappa shape index (κ2) is 8.63. The van der Waals surface area contributed by atoms with E-state index >= 15 is 0 Å². The molecule has 0 bridgehead atoms. The molecule has 9 nitrogen and oxygen atoms in total. The largest absolute Gasteiger partial charge is 0.376 e. The third-order valence-corrected chi connectivity index (χ3v) is 4.43. The molecule has 0 aliphatic carbocycles. The van der Waals surface area contributed by atoms with E-state index in [9.17, 15) is 9.59 Å². The Morgan fingerprint density at radius 1 is 1.37 bits per heavy atom. The van der Waals surface area contributed by atoms with E-state index in [4.69, 9.17) is 15.0 Å². The van der Waals surface area contributed by atoms with E-state index in [2.05, 4.69) is 15.5 Å². The highest BCUT2D eigenvalue weighted by atomic mass is 16.5. The lowest BCUT2D eigenvalue weighted by atomic mass is 10.1. The van der Waals surface area contributed by atoms with Gasteiger partial charge in [-0.15, -0.1) is 0 Å². The van der Waals surface area contributed by atoms with Crippen molar-refractivity contribution < 1.29 is 18.8 Å². The molecule has 1 aliphatic heterocycles. The third kappa shape index (κ3) is 5.04. The number of aromatic nitrogens is 2. The van der Waals surface area contributed by atoms with Gasteiger partial charge in [-0.05, 0) is 30.9 Å². The van der Waals surface area contributed by atoms with Gasteiger partial charge in [-0.3, -0.25) is 4.79 Å². The zero-order chi connectivity index (χ0) is 19.2. The lowest BCUT2D eigenvalue weighted by molar-refractivity contribution is 0.0793. The van der Waals surface area contributed by atoms with E-state index < -0.39 is 5.91 Å². The zero-order valence-corrected chi connectivity index (χ0v) is 15.2. The van der Waals surface area contributed by atoms with Gasteiger partial charge in [0.1, 0.15) is 0 Å². The van der Waals surface area contributed by atoms with Gasteiger partial charge in [-0.25, -0.2) is 4.79 Å². The number of carbonyl (C=O) groups excluding carboxylic acids is 2. The molecule has 1 aliphatic rings. The Hall–Kier alpha value is -2.94. The Morgan fingerprint density at radius 3 is 2.85 bits per heavy atom. The maximum atomic E-state index is 12.7. The highest BCUT2D eigenvalue weighted by molar-refractivity contribution is 5.87. The fraction of sp³-hybridized carbons (Fsp3) is 0.444. The summed E-state index contributed by atoms with van der Waals surface area (Å²) in [5, 5.41) is 6.38. The normalized spacial score (nSPS) is 16.3. The summed E-state index contributed by atoms with van der Waals surface area (Å²) in [5.74, 6) is -0.903.